The maximum Gasteiger partial charge on any atom is 0.0597 e. The second kappa shape index (κ2) is 5.83. The number of hydrogen-bond donors (Lipinski definition) is 1. The van der Waals surface area contributed by atoms with E-state index in [1.807, 2.05) is 0 Å². The lowest BCUT2D eigenvalue weighted by Gasteiger charge is -2.29. The van der Waals surface area contributed by atoms with Crippen LogP contribution in [0.3, 0.4) is 0 Å². The Morgan fingerprint density at radius 2 is 1.94 bits per heavy atom. The predicted molar refractivity (Wildman–Crippen MR) is 69.6 cm³/mol. The van der Waals surface area contributed by atoms with Gasteiger partial charge in [-0.25, -0.2) is 0 Å². The zero-order valence-electron chi connectivity index (χ0n) is 11.4. The minimum atomic E-state index is 0.355. The Balaban J connectivity index is 2.72. The molecular weight excluding hydrogens is 198 g/mol. The summed E-state index contributed by atoms with van der Waals surface area (Å²) in [4.78, 5) is 0. The van der Waals surface area contributed by atoms with Crippen LogP contribution in [0.15, 0.2) is 12.2 Å². The van der Waals surface area contributed by atoms with Gasteiger partial charge in [-0.3, -0.25) is 0 Å². The molecule has 0 aromatic rings. The van der Waals surface area contributed by atoms with Crippen molar-refractivity contribution in [2.75, 3.05) is 6.54 Å². The third-order valence-electron chi connectivity index (χ3n) is 3.82. The second-order valence-corrected chi connectivity index (χ2v) is 5.31. The molecule has 16 heavy (non-hydrogen) atoms. The molecule has 1 aliphatic rings. The summed E-state index contributed by atoms with van der Waals surface area (Å²) in [5.41, 5.74) is 1.25. The standard InChI is InChI=1S/C14H27NO/c1-7-15-13(8-9(2)3)14-10(4)11(5)16-12(14)6/h10-15H,2,7-8H2,1,3-6H3. The van der Waals surface area contributed by atoms with Crippen LogP contribution in [0.4, 0.5) is 0 Å². The van der Waals surface area contributed by atoms with Crippen LogP contribution < -0.4 is 5.32 Å². The summed E-state index contributed by atoms with van der Waals surface area (Å²) < 4.78 is 5.93. The van der Waals surface area contributed by atoms with E-state index < -0.39 is 0 Å². The lowest BCUT2D eigenvalue weighted by Crippen LogP contribution is -2.42. The van der Waals surface area contributed by atoms with Gasteiger partial charge in [-0.15, -0.1) is 6.58 Å². The lowest BCUT2D eigenvalue weighted by atomic mass is 9.81. The van der Waals surface area contributed by atoms with Gasteiger partial charge in [0, 0.05) is 12.0 Å². The average molecular weight is 225 g/mol. The van der Waals surface area contributed by atoms with E-state index in [0.717, 1.165) is 13.0 Å². The van der Waals surface area contributed by atoms with Crippen molar-refractivity contribution in [2.45, 2.75) is 59.3 Å². The second-order valence-electron chi connectivity index (χ2n) is 5.31. The molecule has 0 aromatic carbocycles. The molecule has 94 valence electrons. The van der Waals surface area contributed by atoms with Crippen molar-refractivity contribution in [3.8, 4) is 0 Å². The minimum Gasteiger partial charge on any atom is -0.375 e. The third-order valence-corrected chi connectivity index (χ3v) is 3.82. The van der Waals surface area contributed by atoms with E-state index in [9.17, 15) is 0 Å². The first-order chi connectivity index (χ1) is 7.47. The molecule has 0 saturated carbocycles. The maximum absolute atomic E-state index is 5.93. The maximum atomic E-state index is 5.93. The zero-order chi connectivity index (χ0) is 12.3. The van der Waals surface area contributed by atoms with E-state index in [0.29, 0.717) is 30.1 Å². The van der Waals surface area contributed by atoms with Crippen molar-refractivity contribution in [1.82, 2.24) is 5.32 Å². The molecule has 0 spiro atoms. The zero-order valence-corrected chi connectivity index (χ0v) is 11.4. The molecule has 1 rings (SSSR count). The summed E-state index contributed by atoms with van der Waals surface area (Å²) >= 11 is 0. The molecule has 2 heteroatoms. The van der Waals surface area contributed by atoms with Gasteiger partial charge in [0.1, 0.15) is 0 Å². The van der Waals surface area contributed by atoms with Crippen LogP contribution in [0, 0.1) is 11.8 Å². The molecule has 0 radical (unpaired) electrons. The van der Waals surface area contributed by atoms with Crippen LogP contribution in [-0.4, -0.2) is 24.8 Å². The van der Waals surface area contributed by atoms with Gasteiger partial charge >= 0.3 is 0 Å². The fourth-order valence-corrected chi connectivity index (χ4v) is 2.97. The summed E-state index contributed by atoms with van der Waals surface area (Å²) in [5.74, 6) is 1.23. The summed E-state index contributed by atoms with van der Waals surface area (Å²) in [6.45, 7) is 16.0. The van der Waals surface area contributed by atoms with Crippen molar-refractivity contribution < 1.29 is 4.74 Å². The normalized spacial score (nSPS) is 36.3. The van der Waals surface area contributed by atoms with Crippen molar-refractivity contribution in [3.63, 3.8) is 0 Å². The molecule has 1 heterocycles. The van der Waals surface area contributed by atoms with Crippen molar-refractivity contribution in [1.29, 1.82) is 0 Å². The minimum absolute atomic E-state index is 0.355. The number of nitrogens with one attached hydrogen (secondary N) is 1. The summed E-state index contributed by atoms with van der Waals surface area (Å²) in [5, 5.41) is 3.60. The summed E-state index contributed by atoms with van der Waals surface area (Å²) in [7, 11) is 0. The van der Waals surface area contributed by atoms with Crippen LogP contribution in [0.25, 0.3) is 0 Å². The highest BCUT2D eigenvalue weighted by atomic mass is 16.5. The molecule has 0 aliphatic carbocycles. The van der Waals surface area contributed by atoms with Crippen molar-refractivity contribution >= 4 is 0 Å². The highest BCUT2D eigenvalue weighted by molar-refractivity contribution is 4.99. The molecule has 0 bridgehead atoms. The van der Waals surface area contributed by atoms with Gasteiger partial charge in [0.05, 0.1) is 12.2 Å². The van der Waals surface area contributed by atoms with E-state index in [1.54, 1.807) is 0 Å². The van der Waals surface area contributed by atoms with E-state index in [-0.39, 0.29) is 0 Å². The van der Waals surface area contributed by atoms with Crippen LogP contribution in [0.1, 0.15) is 41.0 Å². The molecule has 0 amide bonds. The first-order valence-corrected chi connectivity index (χ1v) is 6.50. The van der Waals surface area contributed by atoms with E-state index >= 15 is 0 Å². The third kappa shape index (κ3) is 3.08. The number of hydrogen-bond acceptors (Lipinski definition) is 2. The Hall–Kier alpha value is -0.340. The fourth-order valence-electron chi connectivity index (χ4n) is 2.97. The molecule has 1 saturated heterocycles. The molecule has 1 fully saturated rings. The van der Waals surface area contributed by atoms with Gasteiger partial charge in [0.25, 0.3) is 0 Å². The number of rotatable bonds is 5. The Labute approximate surface area is 100 Å². The van der Waals surface area contributed by atoms with Gasteiger partial charge in [-0.05, 0) is 39.7 Å². The van der Waals surface area contributed by atoms with Gasteiger partial charge < -0.3 is 10.1 Å². The molecule has 1 N–H and O–H groups in total. The highest BCUT2D eigenvalue weighted by Crippen LogP contribution is 2.36. The Morgan fingerprint density at radius 3 is 2.31 bits per heavy atom. The van der Waals surface area contributed by atoms with Crippen LogP contribution >= 0.6 is 0 Å². The van der Waals surface area contributed by atoms with Gasteiger partial charge in [0.2, 0.25) is 0 Å². The molecule has 5 atom stereocenters. The van der Waals surface area contributed by atoms with Crippen LogP contribution in [-0.2, 0) is 4.74 Å². The van der Waals surface area contributed by atoms with Gasteiger partial charge in [0.15, 0.2) is 0 Å². The highest BCUT2D eigenvalue weighted by Gasteiger charge is 2.41. The Morgan fingerprint density at radius 1 is 1.31 bits per heavy atom. The van der Waals surface area contributed by atoms with E-state index in [4.69, 9.17) is 4.74 Å². The molecule has 5 unspecified atom stereocenters. The fraction of sp³-hybridized carbons (Fsp3) is 0.857. The lowest BCUT2D eigenvalue weighted by molar-refractivity contribution is 0.0476. The summed E-state index contributed by atoms with van der Waals surface area (Å²) in [6.07, 6.45) is 1.79. The van der Waals surface area contributed by atoms with Crippen LogP contribution in [0.2, 0.25) is 0 Å². The van der Waals surface area contributed by atoms with Crippen LogP contribution in [0.5, 0.6) is 0 Å². The molecule has 0 aromatic heterocycles. The first kappa shape index (κ1) is 13.7. The quantitative estimate of drug-likeness (QED) is 0.726. The summed E-state index contributed by atoms with van der Waals surface area (Å²) in [6, 6.07) is 0.512. The largest absolute Gasteiger partial charge is 0.375 e. The molecule has 1 aliphatic heterocycles. The van der Waals surface area contributed by atoms with Gasteiger partial charge in [-0.1, -0.05) is 19.4 Å². The van der Waals surface area contributed by atoms with Crippen molar-refractivity contribution in [3.05, 3.63) is 12.2 Å². The predicted octanol–water partition coefficient (Wildman–Crippen LogP) is 2.99. The average Bonchev–Trinajstić information content (AvgIpc) is 2.40. The van der Waals surface area contributed by atoms with Gasteiger partial charge in [-0.2, -0.15) is 0 Å². The smallest absolute Gasteiger partial charge is 0.0597 e. The SMILES string of the molecule is C=C(C)CC(NCC)C1C(C)OC(C)C1C. The van der Waals surface area contributed by atoms with E-state index in [1.165, 1.54) is 5.57 Å². The first-order valence-electron chi connectivity index (χ1n) is 6.50. The van der Waals surface area contributed by atoms with Crippen molar-refractivity contribution in [2.24, 2.45) is 11.8 Å². The molecular formula is C14H27NO. The monoisotopic (exact) mass is 225 g/mol. The Bertz CT molecular complexity index is 239. The van der Waals surface area contributed by atoms with E-state index in [2.05, 4.69) is 46.5 Å². The topological polar surface area (TPSA) is 21.3 Å². The molecule has 2 nitrogen and oxygen atoms in total. The number of ether oxygens (including phenoxy) is 1. The Kier molecular flexibility index (Phi) is 5.00.